The van der Waals surface area contributed by atoms with Gasteiger partial charge < -0.3 is 0 Å². The van der Waals surface area contributed by atoms with Crippen LogP contribution in [0.5, 0.6) is 0 Å². The Labute approximate surface area is 97.2 Å². The summed E-state index contributed by atoms with van der Waals surface area (Å²) in [4.78, 5) is 11.2. The van der Waals surface area contributed by atoms with Crippen LogP contribution in [0.2, 0.25) is 0 Å². The van der Waals surface area contributed by atoms with Crippen LogP contribution in [0, 0.1) is 5.92 Å². The predicted molar refractivity (Wildman–Crippen MR) is 66.6 cm³/mol. The van der Waals surface area contributed by atoms with Gasteiger partial charge in [-0.05, 0) is 25.7 Å². The number of rotatable bonds is 6. The third-order valence-electron chi connectivity index (χ3n) is 2.02. The maximum atomic E-state index is 11.2. The van der Waals surface area contributed by atoms with Crippen LogP contribution in [0.25, 0.3) is 0 Å². The highest BCUT2D eigenvalue weighted by Crippen LogP contribution is 2.17. The van der Waals surface area contributed by atoms with E-state index in [0.717, 1.165) is 24.8 Å². The van der Waals surface area contributed by atoms with Crippen molar-refractivity contribution < 1.29 is 9.36 Å². The summed E-state index contributed by atoms with van der Waals surface area (Å²) in [5, 5.41) is 2.05. The molecular formula is C10H22N3O2P. The number of nitrogens with one attached hydrogen (secondary N) is 1. The van der Waals surface area contributed by atoms with Crippen LogP contribution in [0.15, 0.2) is 11.6 Å². The SMILES string of the molecule is C/C(=C\C(=O)NP(N)(N)=O)CCCC(C)C. The fraction of sp³-hybridized carbons (Fsp3) is 0.700. The number of carbonyl (C=O) groups excluding carboxylic acids is 1. The van der Waals surface area contributed by atoms with Crippen molar-refractivity contribution >= 4 is 13.5 Å². The lowest BCUT2D eigenvalue weighted by Gasteiger charge is -2.07. The maximum Gasteiger partial charge on any atom is 0.300 e. The van der Waals surface area contributed by atoms with E-state index in [1.54, 1.807) is 0 Å². The van der Waals surface area contributed by atoms with E-state index in [-0.39, 0.29) is 0 Å². The summed E-state index contributed by atoms with van der Waals surface area (Å²) in [6, 6.07) is 0. The van der Waals surface area contributed by atoms with Crippen LogP contribution in [-0.4, -0.2) is 5.91 Å². The van der Waals surface area contributed by atoms with Crippen LogP contribution in [0.3, 0.4) is 0 Å². The molecule has 0 aliphatic rings. The van der Waals surface area contributed by atoms with E-state index < -0.39 is 13.5 Å². The lowest BCUT2D eigenvalue weighted by atomic mass is 10.0. The monoisotopic (exact) mass is 247 g/mol. The van der Waals surface area contributed by atoms with Crippen LogP contribution in [0.4, 0.5) is 0 Å². The molecule has 0 aliphatic carbocycles. The Kier molecular flexibility index (Phi) is 6.56. The molecular weight excluding hydrogens is 225 g/mol. The lowest BCUT2D eigenvalue weighted by molar-refractivity contribution is -0.114. The molecule has 0 bridgehead atoms. The number of hydrogen-bond donors (Lipinski definition) is 3. The smallest absolute Gasteiger partial charge is 0.280 e. The Morgan fingerprint density at radius 3 is 2.44 bits per heavy atom. The van der Waals surface area contributed by atoms with Crippen molar-refractivity contribution in [3.05, 3.63) is 11.6 Å². The van der Waals surface area contributed by atoms with E-state index in [1.165, 1.54) is 6.08 Å². The maximum absolute atomic E-state index is 11.2. The molecule has 0 aromatic carbocycles. The van der Waals surface area contributed by atoms with Gasteiger partial charge >= 0.3 is 7.59 Å². The fourth-order valence-corrected chi connectivity index (χ4v) is 1.70. The molecule has 1 amide bonds. The summed E-state index contributed by atoms with van der Waals surface area (Å²) >= 11 is 0. The molecule has 94 valence electrons. The summed E-state index contributed by atoms with van der Waals surface area (Å²) in [6.45, 7) is 6.17. The van der Waals surface area contributed by atoms with Crippen molar-refractivity contribution in [2.24, 2.45) is 16.9 Å². The molecule has 0 fully saturated rings. The average molecular weight is 247 g/mol. The van der Waals surface area contributed by atoms with Gasteiger partial charge in [0.1, 0.15) is 0 Å². The second-order valence-electron chi connectivity index (χ2n) is 4.46. The molecule has 0 unspecified atom stereocenters. The number of hydrogen-bond acceptors (Lipinski definition) is 2. The van der Waals surface area contributed by atoms with Gasteiger partial charge in [-0.3, -0.25) is 25.5 Å². The first kappa shape index (κ1) is 15.4. The topological polar surface area (TPSA) is 98.2 Å². The van der Waals surface area contributed by atoms with E-state index in [2.05, 4.69) is 13.8 Å². The van der Waals surface area contributed by atoms with E-state index in [0.29, 0.717) is 5.92 Å². The molecule has 5 nitrogen and oxygen atoms in total. The van der Waals surface area contributed by atoms with E-state index in [4.69, 9.17) is 11.0 Å². The number of carbonyl (C=O) groups is 1. The molecule has 5 N–H and O–H groups in total. The van der Waals surface area contributed by atoms with Gasteiger partial charge in [-0.25, -0.2) is 0 Å². The van der Waals surface area contributed by atoms with Gasteiger partial charge in [-0.1, -0.05) is 25.8 Å². The molecule has 0 aliphatic heterocycles. The average Bonchev–Trinajstić information content (AvgIpc) is 1.98. The Hall–Kier alpha value is -0.640. The molecule has 0 rings (SSSR count). The van der Waals surface area contributed by atoms with Crippen LogP contribution in [0.1, 0.15) is 40.0 Å². The lowest BCUT2D eigenvalue weighted by Crippen LogP contribution is -2.27. The first-order valence-electron chi connectivity index (χ1n) is 5.37. The van der Waals surface area contributed by atoms with Crippen molar-refractivity contribution in [1.82, 2.24) is 5.09 Å². The molecule has 0 aromatic rings. The van der Waals surface area contributed by atoms with Gasteiger partial charge in [0, 0.05) is 6.08 Å². The van der Waals surface area contributed by atoms with Crippen molar-refractivity contribution in [1.29, 1.82) is 0 Å². The van der Waals surface area contributed by atoms with Gasteiger partial charge in [0.2, 0.25) is 0 Å². The van der Waals surface area contributed by atoms with E-state index in [9.17, 15) is 9.36 Å². The largest absolute Gasteiger partial charge is 0.300 e. The molecule has 0 saturated heterocycles. The highest BCUT2D eigenvalue weighted by Gasteiger charge is 2.10. The number of amides is 1. The zero-order chi connectivity index (χ0) is 12.8. The number of allylic oxidation sites excluding steroid dienone is 1. The number of nitrogens with two attached hydrogens (primary N) is 2. The molecule has 0 saturated carbocycles. The quantitative estimate of drug-likeness (QED) is 0.493. The Morgan fingerprint density at radius 1 is 1.44 bits per heavy atom. The van der Waals surface area contributed by atoms with Crippen LogP contribution < -0.4 is 16.1 Å². The highest BCUT2D eigenvalue weighted by atomic mass is 31.2. The molecule has 6 heteroatoms. The Bertz CT molecular complexity index is 307. The molecule has 0 spiro atoms. The second kappa shape index (κ2) is 6.84. The zero-order valence-electron chi connectivity index (χ0n) is 10.2. The van der Waals surface area contributed by atoms with Gasteiger partial charge in [0.05, 0.1) is 0 Å². The Balaban J connectivity index is 4.02. The molecule has 0 aromatic heterocycles. The van der Waals surface area contributed by atoms with Crippen molar-refractivity contribution in [2.45, 2.75) is 40.0 Å². The molecule has 16 heavy (non-hydrogen) atoms. The third kappa shape index (κ3) is 9.90. The minimum absolute atomic E-state index is 0.490. The fourth-order valence-electron chi connectivity index (χ4n) is 1.29. The summed E-state index contributed by atoms with van der Waals surface area (Å²) in [6.07, 6.45) is 4.41. The summed E-state index contributed by atoms with van der Waals surface area (Å²) in [7, 11) is -3.46. The molecule has 0 atom stereocenters. The van der Waals surface area contributed by atoms with Crippen molar-refractivity contribution in [3.8, 4) is 0 Å². The van der Waals surface area contributed by atoms with Crippen molar-refractivity contribution in [3.63, 3.8) is 0 Å². The molecule has 0 radical (unpaired) electrons. The third-order valence-corrected chi connectivity index (χ3v) is 2.58. The highest BCUT2D eigenvalue weighted by molar-refractivity contribution is 7.57. The van der Waals surface area contributed by atoms with Crippen LogP contribution in [-0.2, 0) is 9.36 Å². The summed E-state index contributed by atoms with van der Waals surface area (Å²) in [5.74, 6) is 0.172. The predicted octanol–water partition coefficient (Wildman–Crippen LogP) is 1.90. The van der Waals surface area contributed by atoms with Crippen molar-refractivity contribution in [2.75, 3.05) is 0 Å². The van der Waals surface area contributed by atoms with Crippen LogP contribution >= 0.6 is 7.59 Å². The van der Waals surface area contributed by atoms with Gasteiger partial charge in [0.25, 0.3) is 5.91 Å². The molecule has 0 heterocycles. The summed E-state index contributed by atoms with van der Waals surface area (Å²) in [5.41, 5.74) is 11.0. The van der Waals surface area contributed by atoms with E-state index in [1.807, 2.05) is 12.0 Å². The minimum atomic E-state index is -3.46. The van der Waals surface area contributed by atoms with Gasteiger partial charge in [-0.2, -0.15) is 0 Å². The normalized spacial score (nSPS) is 13.0. The van der Waals surface area contributed by atoms with Gasteiger partial charge in [-0.15, -0.1) is 0 Å². The zero-order valence-corrected chi connectivity index (χ0v) is 11.1. The van der Waals surface area contributed by atoms with Gasteiger partial charge in [0.15, 0.2) is 0 Å². The standard InChI is InChI=1S/C10H22N3O2P/c1-8(2)5-4-6-9(3)7-10(14)13-16(11,12)15/h7-8H,4-6H2,1-3H3,(H5,11,12,13,14,15)/b9-7+. The first-order chi connectivity index (χ1) is 7.20. The first-order valence-corrected chi connectivity index (χ1v) is 7.22. The minimum Gasteiger partial charge on any atom is -0.280 e. The summed E-state index contributed by atoms with van der Waals surface area (Å²) < 4.78 is 10.9. The van der Waals surface area contributed by atoms with E-state index >= 15 is 0 Å². The Morgan fingerprint density at radius 2 is 2.00 bits per heavy atom. The second-order valence-corrected chi connectivity index (χ2v) is 6.10.